The summed E-state index contributed by atoms with van der Waals surface area (Å²) in [5.41, 5.74) is 2.18. The van der Waals surface area contributed by atoms with Crippen LogP contribution in [0.5, 0.6) is 11.5 Å². The zero-order valence-corrected chi connectivity index (χ0v) is 16.5. The molecule has 0 aromatic heterocycles. The molecule has 3 aromatic rings. The Morgan fingerprint density at radius 2 is 1.47 bits per heavy atom. The number of imide groups is 1. The number of hydrogen-bond donors (Lipinski definition) is 0. The second-order valence-corrected chi connectivity index (χ2v) is 6.98. The van der Waals surface area contributed by atoms with Gasteiger partial charge in [0.2, 0.25) is 0 Å². The lowest BCUT2D eigenvalue weighted by molar-refractivity contribution is -0.141. The van der Waals surface area contributed by atoms with Gasteiger partial charge in [0.15, 0.2) is 6.10 Å². The third-order valence-corrected chi connectivity index (χ3v) is 4.74. The van der Waals surface area contributed by atoms with Gasteiger partial charge in [0.05, 0.1) is 16.8 Å². The number of hydrogen-bond acceptors (Lipinski definition) is 5. The van der Waals surface area contributed by atoms with Gasteiger partial charge >= 0.3 is 5.97 Å². The van der Waals surface area contributed by atoms with E-state index < -0.39 is 12.1 Å². The maximum Gasteiger partial charge on any atom is 0.352 e. The van der Waals surface area contributed by atoms with Gasteiger partial charge in [0.1, 0.15) is 11.5 Å². The fourth-order valence-corrected chi connectivity index (χ4v) is 3.23. The number of anilines is 1. The van der Waals surface area contributed by atoms with Crippen LogP contribution in [0.15, 0.2) is 72.8 Å². The highest BCUT2D eigenvalue weighted by atomic mass is 16.6. The van der Waals surface area contributed by atoms with Crippen molar-refractivity contribution in [2.24, 2.45) is 0 Å². The first-order chi connectivity index (χ1) is 14.4. The number of fused-ring (bicyclic) bond motifs is 1. The lowest BCUT2D eigenvalue weighted by atomic mass is 10.1. The molecule has 1 atom stereocenters. The van der Waals surface area contributed by atoms with Crippen LogP contribution >= 0.6 is 0 Å². The van der Waals surface area contributed by atoms with E-state index in [0.717, 1.165) is 10.5 Å². The van der Waals surface area contributed by atoms with Crippen molar-refractivity contribution in [3.63, 3.8) is 0 Å². The van der Waals surface area contributed by atoms with Crippen LogP contribution in [0.3, 0.4) is 0 Å². The van der Waals surface area contributed by atoms with Crippen LogP contribution in [0.2, 0.25) is 0 Å². The van der Waals surface area contributed by atoms with Crippen LogP contribution in [0.4, 0.5) is 5.69 Å². The minimum absolute atomic E-state index is 0.292. The Labute approximate surface area is 173 Å². The highest BCUT2D eigenvalue weighted by Crippen LogP contribution is 2.29. The molecule has 0 aliphatic carbocycles. The number of esters is 1. The van der Waals surface area contributed by atoms with Gasteiger partial charge < -0.3 is 9.47 Å². The van der Waals surface area contributed by atoms with E-state index in [1.165, 1.54) is 12.1 Å². The Kier molecular flexibility index (Phi) is 5.06. The van der Waals surface area contributed by atoms with E-state index in [9.17, 15) is 14.4 Å². The lowest BCUT2D eigenvalue weighted by Crippen LogP contribution is -2.29. The fourth-order valence-electron chi connectivity index (χ4n) is 3.23. The van der Waals surface area contributed by atoms with Crippen LogP contribution in [0, 0.1) is 6.92 Å². The van der Waals surface area contributed by atoms with Gasteiger partial charge in [0.25, 0.3) is 11.8 Å². The smallest absolute Gasteiger partial charge is 0.352 e. The third kappa shape index (κ3) is 3.67. The quantitative estimate of drug-likeness (QED) is 0.365. The van der Waals surface area contributed by atoms with Crippen LogP contribution in [-0.2, 0) is 4.79 Å². The molecule has 0 saturated carbocycles. The molecule has 1 aliphatic heterocycles. The van der Waals surface area contributed by atoms with E-state index in [1.54, 1.807) is 49.4 Å². The Balaban J connectivity index is 1.43. The largest absolute Gasteiger partial charge is 0.479 e. The molecule has 4 rings (SSSR count). The summed E-state index contributed by atoms with van der Waals surface area (Å²) in [5, 5.41) is 0. The zero-order chi connectivity index (χ0) is 21.3. The van der Waals surface area contributed by atoms with Crippen molar-refractivity contribution in [2.75, 3.05) is 4.90 Å². The predicted octanol–water partition coefficient (Wildman–Crippen LogP) is 4.17. The van der Waals surface area contributed by atoms with Crippen molar-refractivity contribution in [3.05, 3.63) is 89.5 Å². The van der Waals surface area contributed by atoms with Crippen molar-refractivity contribution in [3.8, 4) is 11.5 Å². The normalized spacial score (nSPS) is 13.7. The van der Waals surface area contributed by atoms with Gasteiger partial charge in [-0.1, -0.05) is 24.3 Å². The van der Waals surface area contributed by atoms with Crippen molar-refractivity contribution < 1.29 is 23.9 Å². The van der Waals surface area contributed by atoms with Crippen molar-refractivity contribution >= 4 is 23.5 Å². The minimum Gasteiger partial charge on any atom is -0.479 e. The summed E-state index contributed by atoms with van der Waals surface area (Å²) in [5.74, 6) is -0.425. The third-order valence-electron chi connectivity index (χ3n) is 4.74. The molecule has 1 heterocycles. The van der Waals surface area contributed by atoms with E-state index >= 15 is 0 Å². The number of benzene rings is 3. The monoisotopic (exact) mass is 401 g/mol. The van der Waals surface area contributed by atoms with Gasteiger partial charge in [0, 0.05) is 0 Å². The molecular weight excluding hydrogens is 382 g/mol. The summed E-state index contributed by atoms with van der Waals surface area (Å²) in [4.78, 5) is 38.6. The van der Waals surface area contributed by atoms with Gasteiger partial charge in [-0.25, -0.2) is 9.69 Å². The highest BCUT2D eigenvalue weighted by Gasteiger charge is 2.36. The summed E-state index contributed by atoms with van der Waals surface area (Å²) < 4.78 is 11.0. The van der Waals surface area contributed by atoms with Gasteiger partial charge in [-0.05, 0) is 67.9 Å². The molecule has 30 heavy (non-hydrogen) atoms. The average Bonchev–Trinajstić information content (AvgIpc) is 2.99. The summed E-state index contributed by atoms with van der Waals surface area (Å²) in [7, 11) is 0. The molecule has 0 spiro atoms. The summed E-state index contributed by atoms with van der Waals surface area (Å²) >= 11 is 0. The Morgan fingerprint density at radius 3 is 2.07 bits per heavy atom. The average molecular weight is 401 g/mol. The van der Waals surface area contributed by atoms with E-state index in [2.05, 4.69) is 0 Å². The molecule has 0 fully saturated rings. The number of amides is 2. The van der Waals surface area contributed by atoms with E-state index in [1.807, 2.05) is 25.1 Å². The summed E-state index contributed by atoms with van der Waals surface area (Å²) in [6.45, 7) is 3.55. The van der Waals surface area contributed by atoms with E-state index in [4.69, 9.17) is 9.47 Å². The SMILES string of the molecule is Cc1cccc(OC(C)C(=O)Oc2ccc(N3C(=O)c4ccccc4C3=O)cc2)c1. The standard InChI is InChI=1S/C24H19NO5/c1-15-6-5-7-19(14-15)29-16(2)24(28)30-18-12-10-17(11-13-18)25-22(26)20-8-3-4-9-21(20)23(25)27/h3-14,16H,1-2H3. The first kappa shape index (κ1) is 19.4. The van der Waals surface area contributed by atoms with Crippen LogP contribution in [0.25, 0.3) is 0 Å². The van der Waals surface area contributed by atoms with Crippen molar-refractivity contribution in [1.82, 2.24) is 0 Å². The Morgan fingerprint density at radius 1 is 0.833 bits per heavy atom. The van der Waals surface area contributed by atoms with Gasteiger partial charge in [-0.3, -0.25) is 9.59 Å². The molecule has 3 aromatic carbocycles. The zero-order valence-electron chi connectivity index (χ0n) is 16.5. The molecule has 150 valence electrons. The van der Waals surface area contributed by atoms with Crippen molar-refractivity contribution in [1.29, 1.82) is 0 Å². The van der Waals surface area contributed by atoms with Gasteiger partial charge in [-0.2, -0.15) is 0 Å². The molecule has 2 amide bonds. The molecule has 6 heteroatoms. The number of rotatable bonds is 5. The van der Waals surface area contributed by atoms with Crippen molar-refractivity contribution in [2.45, 2.75) is 20.0 Å². The molecule has 0 radical (unpaired) electrons. The minimum atomic E-state index is -0.803. The molecule has 1 aliphatic rings. The number of ether oxygens (including phenoxy) is 2. The number of aryl methyl sites for hydroxylation is 1. The first-order valence-corrected chi connectivity index (χ1v) is 9.47. The highest BCUT2D eigenvalue weighted by molar-refractivity contribution is 6.34. The molecule has 0 N–H and O–H groups in total. The number of nitrogens with zero attached hydrogens (tertiary/aromatic N) is 1. The predicted molar refractivity (Wildman–Crippen MR) is 111 cm³/mol. The summed E-state index contributed by atoms with van der Waals surface area (Å²) in [6, 6.07) is 20.3. The second kappa shape index (κ2) is 7.83. The molecule has 6 nitrogen and oxygen atoms in total. The number of carbonyl (C=O) groups is 3. The van der Waals surface area contributed by atoms with Crippen LogP contribution < -0.4 is 14.4 Å². The molecule has 0 saturated heterocycles. The maximum atomic E-state index is 12.6. The second-order valence-electron chi connectivity index (χ2n) is 6.98. The lowest BCUT2D eigenvalue weighted by Gasteiger charge is -2.16. The number of carbonyl (C=O) groups excluding carboxylic acids is 3. The Hall–Kier alpha value is -3.93. The molecule has 1 unspecified atom stereocenters. The van der Waals surface area contributed by atoms with E-state index in [0.29, 0.717) is 28.3 Å². The van der Waals surface area contributed by atoms with Crippen LogP contribution in [-0.4, -0.2) is 23.9 Å². The van der Waals surface area contributed by atoms with E-state index in [-0.39, 0.29) is 11.8 Å². The van der Waals surface area contributed by atoms with Crippen LogP contribution in [0.1, 0.15) is 33.2 Å². The first-order valence-electron chi connectivity index (χ1n) is 9.47. The maximum absolute atomic E-state index is 12.6. The fraction of sp³-hybridized carbons (Fsp3) is 0.125. The molecular formula is C24H19NO5. The van der Waals surface area contributed by atoms with Gasteiger partial charge in [-0.15, -0.1) is 0 Å². The molecule has 0 bridgehead atoms. The summed E-state index contributed by atoms with van der Waals surface area (Å²) in [6.07, 6.45) is -0.803. The Bertz CT molecular complexity index is 1100. The topological polar surface area (TPSA) is 72.9 Å².